The fourth-order valence-electron chi connectivity index (χ4n) is 5.09. The molecule has 1 saturated heterocycles. The van der Waals surface area contributed by atoms with E-state index in [0.29, 0.717) is 19.6 Å². The Balaban J connectivity index is 1.45. The second-order valence-electron chi connectivity index (χ2n) is 9.64. The van der Waals surface area contributed by atoms with Crippen LogP contribution in [0.15, 0.2) is 41.2 Å². The summed E-state index contributed by atoms with van der Waals surface area (Å²) in [5.74, 6) is 0.110. The number of aryl methyl sites for hydroxylation is 2. The van der Waals surface area contributed by atoms with Crippen LogP contribution in [0.1, 0.15) is 43.0 Å². The van der Waals surface area contributed by atoms with E-state index in [9.17, 15) is 14.4 Å². The highest BCUT2D eigenvalue weighted by atomic mass is 16.2. The van der Waals surface area contributed by atoms with E-state index in [1.165, 1.54) is 0 Å². The van der Waals surface area contributed by atoms with E-state index < -0.39 is 6.04 Å². The second-order valence-corrected chi connectivity index (χ2v) is 9.64. The molecule has 7 heteroatoms. The molecule has 1 aromatic heterocycles. The number of nitrogens with one attached hydrogen (secondary N) is 2. The summed E-state index contributed by atoms with van der Waals surface area (Å²) < 4.78 is 1.85. The first kappa shape index (κ1) is 22.1. The lowest BCUT2D eigenvalue weighted by atomic mass is 9.83. The molecule has 2 unspecified atom stereocenters. The van der Waals surface area contributed by atoms with Crippen molar-refractivity contribution in [3.8, 4) is 0 Å². The maximum Gasteiger partial charge on any atom is 0.318 e. The predicted molar refractivity (Wildman–Crippen MR) is 125 cm³/mol. The number of nitrogens with zero attached hydrogens (tertiary/aromatic N) is 2. The molecule has 2 bridgehead atoms. The van der Waals surface area contributed by atoms with Gasteiger partial charge in [-0.15, -0.1) is 0 Å². The predicted octanol–water partition coefficient (Wildman–Crippen LogP) is 3.26. The van der Waals surface area contributed by atoms with Crippen LogP contribution < -0.4 is 16.2 Å². The van der Waals surface area contributed by atoms with Crippen LogP contribution in [0.3, 0.4) is 0 Å². The molecule has 0 radical (unpaired) electrons. The van der Waals surface area contributed by atoms with Crippen LogP contribution in [0.5, 0.6) is 0 Å². The number of carbonyl (C=O) groups excluding carboxylic acids is 2. The summed E-state index contributed by atoms with van der Waals surface area (Å²) in [7, 11) is 0. The summed E-state index contributed by atoms with van der Waals surface area (Å²) in [6.45, 7) is 9.62. The zero-order valence-corrected chi connectivity index (χ0v) is 19.2. The number of likely N-dealkylation sites (tertiary alicyclic amines) is 1. The maximum atomic E-state index is 13.2. The second kappa shape index (κ2) is 8.81. The molecule has 3 atom stereocenters. The third kappa shape index (κ3) is 4.56. The van der Waals surface area contributed by atoms with Gasteiger partial charge in [0.1, 0.15) is 6.04 Å². The van der Waals surface area contributed by atoms with Crippen molar-refractivity contribution in [3.05, 3.63) is 63.6 Å². The van der Waals surface area contributed by atoms with Crippen molar-refractivity contribution in [1.29, 1.82) is 0 Å². The van der Waals surface area contributed by atoms with Gasteiger partial charge in [0.05, 0.1) is 0 Å². The summed E-state index contributed by atoms with van der Waals surface area (Å²) in [5, 5.41) is 5.93. The molecule has 2 aliphatic heterocycles. The quantitative estimate of drug-likeness (QED) is 0.772. The molecule has 32 heavy (non-hydrogen) atoms. The van der Waals surface area contributed by atoms with Crippen molar-refractivity contribution in [3.63, 3.8) is 0 Å². The van der Waals surface area contributed by atoms with Crippen molar-refractivity contribution >= 4 is 17.6 Å². The molecule has 7 nitrogen and oxygen atoms in total. The smallest absolute Gasteiger partial charge is 0.318 e. The van der Waals surface area contributed by atoms with Crippen molar-refractivity contribution < 1.29 is 9.59 Å². The Labute approximate surface area is 188 Å². The Morgan fingerprint density at radius 1 is 1.03 bits per heavy atom. The Hall–Kier alpha value is -3.09. The first-order valence-electron chi connectivity index (χ1n) is 11.4. The van der Waals surface area contributed by atoms with Crippen LogP contribution in [-0.2, 0) is 11.3 Å². The van der Waals surface area contributed by atoms with Gasteiger partial charge in [0.15, 0.2) is 0 Å². The van der Waals surface area contributed by atoms with Crippen molar-refractivity contribution in [2.75, 3.05) is 18.4 Å². The largest absolute Gasteiger partial charge is 0.326 e. The highest BCUT2D eigenvalue weighted by Gasteiger charge is 2.37. The minimum Gasteiger partial charge on any atom is -0.326 e. The molecule has 170 valence electrons. The average molecular weight is 437 g/mol. The summed E-state index contributed by atoms with van der Waals surface area (Å²) in [4.78, 5) is 40.2. The van der Waals surface area contributed by atoms with Crippen LogP contribution in [-0.4, -0.2) is 40.5 Å². The highest BCUT2D eigenvalue weighted by Crippen LogP contribution is 2.35. The SMILES string of the molecule is Cc1cc(C)cc(NC(=O)[C@@H](NC(=O)N2CC3CC(C2)c2cccc(=O)n2C3)C(C)C)c1. The molecule has 1 aromatic carbocycles. The number of hydrogen-bond donors (Lipinski definition) is 2. The molecule has 0 saturated carbocycles. The number of rotatable bonds is 4. The monoisotopic (exact) mass is 436 g/mol. The average Bonchev–Trinajstić information content (AvgIpc) is 2.71. The molecule has 2 aliphatic rings. The van der Waals surface area contributed by atoms with E-state index in [0.717, 1.165) is 28.9 Å². The van der Waals surface area contributed by atoms with E-state index in [4.69, 9.17) is 0 Å². The van der Waals surface area contributed by atoms with Gasteiger partial charge in [0.25, 0.3) is 5.56 Å². The standard InChI is InChI=1S/C25H32N4O3/c1-15(2)23(24(31)26-20-9-16(3)8-17(4)10-20)27-25(32)28-12-18-11-19(14-28)21-6-5-7-22(30)29(21)13-18/h5-10,15,18-19,23H,11-14H2,1-4H3,(H,26,31)(H,27,32)/t18?,19?,23-/m0/s1. The summed E-state index contributed by atoms with van der Waals surface area (Å²) in [5.41, 5.74) is 3.91. The van der Waals surface area contributed by atoms with Crippen molar-refractivity contribution in [2.45, 2.75) is 52.6 Å². The lowest BCUT2D eigenvalue weighted by Gasteiger charge is -2.43. The topological polar surface area (TPSA) is 83.4 Å². The van der Waals surface area contributed by atoms with Gasteiger partial charge in [-0.3, -0.25) is 9.59 Å². The number of carbonyl (C=O) groups is 2. The van der Waals surface area contributed by atoms with Crippen LogP contribution in [0.2, 0.25) is 0 Å². The van der Waals surface area contributed by atoms with Crippen LogP contribution >= 0.6 is 0 Å². The zero-order valence-electron chi connectivity index (χ0n) is 19.2. The molecule has 3 amide bonds. The highest BCUT2D eigenvalue weighted by molar-refractivity contribution is 5.97. The van der Waals surface area contributed by atoms with Crippen LogP contribution in [0.4, 0.5) is 10.5 Å². The zero-order chi connectivity index (χ0) is 23.0. The van der Waals surface area contributed by atoms with Gasteiger partial charge in [-0.05, 0) is 61.4 Å². The number of anilines is 1. The normalized spacial score (nSPS) is 20.5. The van der Waals surface area contributed by atoms with Crippen molar-refractivity contribution in [1.82, 2.24) is 14.8 Å². The van der Waals surface area contributed by atoms with E-state index >= 15 is 0 Å². The molecular formula is C25H32N4O3. The lowest BCUT2D eigenvalue weighted by molar-refractivity contribution is -0.118. The summed E-state index contributed by atoms with van der Waals surface area (Å²) >= 11 is 0. The Bertz CT molecular complexity index is 1070. The fraction of sp³-hybridized carbons (Fsp3) is 0.480. The molecule has 2 aromatic rings. The van der Waals surface area contributed by atoms with E-state index in [2.05, 4.69) is 16.7 Å². The Morgan fingerprint density at radius 3 is 2.44 bits per heavy atom. The number of aromatic nitrogens is 1. The van der Waals surface area contributed by atoms with Gasteiger partial charge in [0.2, 0.25) is 5.91 Å². The minimum absolute atomic E-state index is 0.0260. The molecule has 4 rings (SSSR count). The van der Waals surface area contributed by atoms with Crippen LogP contribution in [0.25, 0.3) is 0 Å². The van der Waals surface area contributed by atoms with Gasteiger partial charge >= 0.3 is 6.03 Å². The van der Waals surface area contributed by atoms with Gasteiger partial charge < -0.3 is 20.1 Å². The van der Waals surface area contributed by atoms with E-state index in [1.807, 2.05) is 50.5 Å². The van der Waals surface area contributed by atoms with Gasteiger partial charge in [-0.25, -0.2) is 4.79 Å². The van der Waals surface area contributed by atoms with E-state index in [-0.39, 0.29) is 35.3 Å². The number of urea groups is 1. The maximum absolute atomic E-state index is 13.2. The van der Waals surface area contributed by atoms with Crippen molar-refractivity contribution in [2.24, 2.45) is 11.8 Å². The fourth-order valence-corrected chi connectivity index (χ4v) is 5.09. The Morgan fingerprint density at radius 2 is 1.75 bits per heavy atom. The third-order valence-corrected chi connectivity index (χ3v) is 6.48. The first-order chi connectivity index (χ1) is 15.2. The number of hydrogen-bond acceptors (Lipinski definition) is 3. The number of pyridine rings is 1. The summed E-state index contributed by atoms with van der Waals surface area (Å²) in [6.07, 6.45) is 0.980. The van der Waals surface area contributed by atoms with E-state index in [1.54, 1.807) is 17.0 Å². The number of amides is 3. The summed E-state index contributed by atoms with van der Waals surface area (Å²) in [6, 6.07) is 10.4. The molecular weight excluding hydrogens is 404 g/mol. The van der Waals surface area contributed by atoms with Gasteiger partial charge in [-0.1, -0.05) is 26.0 Å². The molecule has 2 N–H and O–H groups in total. The number of benzene rings is 1. The minimum atomic E-state index is -0.639. The van der Waals surface area contributed by atoms with Crippen LogP contribution in [0, 0.1) is 25.7 Å². The van der Waals surface area contributed by atoms with Gasteiger partial charge in [0, 0.05) is 43.0 Å². The number of fused-ring (bicyclic) bond motifs is 4. The number of piperidine rings is 1. The van der Waals surface area contributed by atoms with Gasteiger partial charge in [-0.2, -0.15) is 0 Å². The third-order valence-electron chi connectivity index (χ3n) is 6.48. The molecule has 0 aliphatic carbocycles. The lowest BCUT2D eigenvalue weighted by Crippen LogP contribution is -2.56. The Kier molecular flexibility index (Phi) is 6.09. The molecule has 3 heterocycles. The first-order valence-corrected chi connectivity index (χ1v) is 11.4. The molecule has 0 spiro atoms. The molecule has 1 fully saturated rings.